The van der Waals surface area contributed by atoms with Crippen LogP contribution in [0.25, 0.3) is 0 Å². The summed E-state index contributed by atoms with van der Waals surface area (Å²) < 4.78 is 10.8. The largest absolute Gasteiger partial charge is 0.493 e. The molecule has 19 heavy (non-hydrogen) atoms. The van der Waals surface area contributed by atoms with Gasteiger partial charge in [0.05, 0.1) is 19.8 Å². The normalized spacial score (nSPS) is 12.0. The van der Waals surface area contributed by atoms with Crippen molar-refractivity contribution in [2.24, 2.45) is 0 Å². The van der Waals surface area contributed by atoms with Crippen LogP contribution in [0, 0.1) is 11.3 Å². The molecule has 0 N–H and O–H groups in total. The molecule has 0 aliphatic carbocycles. The van der Waals surface area contributed by atoms with Crippen LogP contribution in [0.15, 0.2) is 18.2 Å². The molecule has 0 aromatic heterocycles. The predicted molar refractivity (Wildman–Crippen MR) is 75.4 cm³/mol. The van der Waals surface area contributed by atoms with E-state index in [-0.39, 0.29) is 6.04 Å². The molecule has 1 aromatic rings. The molecule has 0 bridgehead atoms. The molecule has 1 atom stereocenters. The van der Waals surface area contributed by atoms with Crippen LogP contribution in [0.4, 0.5) is 0 Å². The first kappa shape index (κ1) is 15.3. The zero-order valence-electron chi connectivity index (χ0n) is 12.1. The third-order valence-corrected chi connectivity index (χ3v) is 3.10. The lowest BCUT2D eigenvalue weighted by Gasteiger charge is -2.24. The summed E-state index contributed by atoms with van der Waals surface area (Å²) >= 11 is 0. The second kappa shape index (κ2) is 7.65. The summed E-state index contributed by atoms with van der Waals surface area (Å²) in [4.78, 5) is 2.11. The lowest BCUT2D eigenvalue weighted by molar-refractivity contribution is 0.261. The Morgan fingerprint density at radius 1 is 1.21 bits per heavy atom. The lowest BCUT2D eigenvalue weighted by atomic mass is 10.1. The number of methoxy groups -OCH3 is 1. The smallest absolute Gasteiger partial charge is 0.161 e. The molecule has 0 fully saturated rings. The van der Waals surface area contributed by atoms with Crippen molar-refractivity contribution in [3.05, 3.63) is 23.8 Å². The first-order valence-corrected chi connectivity index (χ1v) is 6.66. The molecule has 0 aliphatic heterocycles. The number of nitriles is 1. The van der Waals surface area contributed by atoms with Gasteiger partial charge in [0.25, 0.3) is 0 Å². The summed E-state index contributed by atoms with van der Waals surface area (Å²) in [5.74, 6) is 1.39. The second-order valence-electron chi connectivity index (χ2n) is 4.10. The van der Waals surface area contributed by atoms with Crippen LogP contribution in [0.5, 0.6) is 11.5 Å². The Balaban J connectivity index is 3.09. The molecule has 0 saturated carbocycles. The summed E-state index contributed by atoms with van der Waals surface area (Å²) in [5, 5.41) is 9.38. The highest BCUT2D eigenvalue weighted by Gasteiger charge is 2.19. The van der Waals surface area contributed by atoms with Crippen LogP contribution in [-0.4, -0.2) is 31.7 Å². The van der Waals surface area contributed by atoms with Gasteiger partial charge in [0.1, 0.15) is 6.04 Å². The van der Waals surface area contributed by atoms with Crippen LogP contribution < -0.4 is 9.47 Å². The minimum Gasteiger partial charge on any atom is -0.493 e. The quantitative estimate of drug-likeness (QED) is 0.757. The van der Waals surface area contributed by atoms with Gasteiger partial charge >= 0.3 is 0 Å². The van der Waals surface area contributed by atoms with Gasteiger partial charge in [-0.15, -0.1) is 0 Å². The Labute approximate surface area is 115 Å². The molecule has 0 saturated heterocycles. The Hall–Kier alpha value is -1.73. The van der Waals surface area contributed by atoms with Crippen molar-refractivity contribution in [2.45, 2.75) is 26.8 Å². The third kappa shape index (κ3) is 3.62. The number of ether oxygens (including phenoxy) is 2. The van der Waals surface area contributed by atoms with Crippen molar-refractivity contribution in [3.63, 3.8) is 0 Å². The molecule has 4 nitrogen and oxygen atoms in total. The molecule has 1 rings (SSSR count). The standard InChI is InChI=1S/C15H22N2O2/c1-5-17(6-2)13(11-16)12-8-9-14(19-7-3)15(10-12)18-4/h8-10,13H,5-7H2,1-4H3. The molecular weight excluding hydrogens is 240 g/mol. The first-order chi connectivity index (χ1) is 9.21. The van der Waals surface area contributed by atoms with E-state index in [1.54, 1.807) is 7.11 Å². The lowest BCUT2D eigenvalue weighted by Crippen LogP contribution is -2.27. The van der Waals surface area contributed by atoms with Gasteiger partial charge in [0.2, 0.25) is 0 Å². The molecule has 0 radical (unpaired) electrons. The fourth-order valence-electron chi connectivity index (χ4n) is 2.08. The van der Waals surface area contributed by atoms with Gasteiger partial charge in [-0.25, -0.2) is 0 Å². The predicted octanol–water partition coefficient (Wildman–Crippen LogP) is 3.00. The number of benzene rings is 1. The summed E-state index contributed by atoms with van der Waals surface area (Å²) in [7, 11) is 1.61. The van der Waals surface area contributed by atoms with Crippen LogP contribution in [-0.2, 0) is 0 Å². The van der Waals surface area contributed by atoms with Crippen molar-refractivity contribution in [1.82, 2.24) is 4.90 Å². The van der Waals surface area contributed by atoms with Crippen LogP contribution in [0.1, 0.15) is 32.4 Å². The summed E-state index contributed by atoms with van der Waals surface area (Å²) in [5.41, 5.74) is 0.937. The van der Waals surface area contributed by atoms with Gasteiger partial charge in [-0.05, 0) is 37.7 Å². The topological polar surface area (TPSA) is 45.5 Å². The first-order valence-electron chi connectivity index (χ1n) is 6.66. The molecule has 104 valence electrons. The summed E-state index contributed by atoms with van der Waals surface area (Å²) in [6.45, 7) is 8.31. The van der Waals surface area contributed by atoms with Crippen molar-refractivity contribution < 1.29 is 9.47 Å². The molecular formula is C15H22N2O2. The van der Waals surface area contributed by atoms with E-state index in [4.69, 9.17) is 9.47 Å². The minimum atomic E-state index is -0.250. The average Bonchev–Trinajstić information content (AvgIpc) is 2.45. The molecule has 1 aromatic carbocycles. The van der Waals surface area contributed by atoms with Crippen molar-refractivity contribution >= 4 is 0 Å². The van der Waals surface area contributed by atoms with Gasteiger partial charge in [0.15, 0.2) is 11.5 Å². The van der Waals surface area contributed by atoms with Crippen LogP contribution in [0.2, 0.25) is 0 Å². The molecule has 0 spiro atoms. The van der Waals surface area contributed by atoms with E-state index in [2.05, 4.69) is 24.8 Å². The van der Waals surface area contributed by atoms with E-state index in [9.17, 15) is 5.26 Å². The zero-order chi connectivity index (χ0) is 14.3. The maximum absolute atomic E-state index is 9.38. The van der Waals surface area contributed by atoms with Gasteiger partial charge in [0, 0.05) is 0 Å². The molecule has 0 amide bonds. The monoisotopic (exact) mass is 262 g/mol. The minimum absolute atomic E-state index is 0.250. The Kier molecular flexibility index (Phi) is 6.17. The maximum Gasteiger partial charge on any atom is 0.161 e. The highest BCUT2D eigenvalue weighted by atomic mass is 16.5. The molecule has 0 aliphatic rings. The van der Waals surface area contributed by atoms with Gasteiger partial charge < -0.3 is 9.47 Å². The summed E-state index contributed by atoms with van der Waals surface area (Å²) in [6, 6.07) is 7.79. The maximum atomic E-state index is 9.38. The highest BCUT2D eigenvalue weighted by molar-refractivity contribution is 5.44. The third-order valence-electron chi connectivity index (χ3n) is 3.10. The fraction of sp³-hybridized carbons (Fsp3) is 0.533. The number of nitrogens with zero attached hydrogens (tertiary/aromatic N) is 2. The number of hydrogen-bond donors (Lipinski definition) is 0. The van der Waals surface area contributed by atoms with Crippen LogP contribution in [0.3, 0.4) is 0 Å². The fourth-order valence-corrected chi connectivity index (χ4v) is 2.08. The zero-order valence-corrected chi connectivity index (χ0v) is 12.1. The van der Waals surface area contributed by atoms with Gasteiger partial charge in [-0.3, -0.25) is 4.90 Å². The number of rotatable bonds is 7. The van der Waals surface area contributed by atoms with Gasteiger partial charge in [-0.2, -0.15) is 5.26 Å². The summed E-state index contributed by atoms with van der Waals surface area (Å²) in [6.07, 6.45) is 0. The van der Waals surface area contributed by atoms with Crippen molar-refractivity contribution in [3.8, 4) is 17.6 Å². The van der Waals surface area contributed by atoms with E-state index in [1.807, 2.05) is 25.1 Å². The van der Waals surface area contributed by atoms with E-state index < -0.39 is 0 Å². The van der Waals surface area contributed by atoms with E-state index >= 15 is 0 Å². The van der Waals surface area contributed by atoms with Crippen molar-refractivity contribution in [2.75, 3.05) is 26.8 Å². The SMILES string of the molecule is CCOc1ccc(C(C#N)N(CC)CC)cc1OC. The highest BCUT2D eigenvalue weighted by Crippen LogP contribution is 2.31. The molecule has 4 heteroatoms. The molecule has 0 heterocycles. The van der Waals surface area contributed by atoms with Crippen LogP contribution >= 0.6 is 0 Å². The number of hydrogen-bond acceptors (Lipinski definition) is 4. The van der Waals surface area contributed by atoms with Crippen molar-refractivity contribution in [1.29, 1.82) is 5.26 Å². The Bertz CT molecular complexity index is 436. The van der Waals surface area contributed by atoms with E-state index in [1.165, 1.54) is 0 Å². The van der Waals surface area contributed by atoms with Gasteiger partial charge in [-0.1, -0.05) is 19.9 Å². The second-order valence-corrected chi connectivity index (χ2v) is 4.10. The average molecular weight is 262 g/mol. The van der Waals surface area contributed by atoms with E-state index in [0.29, 0.717) is 18.1 Å². The van der Waals surface area contributed by atoms with E-state index in [0.717, 1.165) is 18.7 Å². The Morgan fingerprint density at radius 3 is 2.37 bits per heavy atom. The Morgan fingerprint density at radius 2 is 1.89 bits per heavy atom. The molecule has 1 unspecified atom stereocenters.